The van der Waals surface area contributed by atoms with Crippen molar-refractivity contribution in [1.29, 1.82) is 0 Å². The van der Waals surface area contributed by atoms with Crippen molar-refractivity contribution < 1.29 is 0 Å². The maximum absolute atomic E-state index is 2.57. The highest BCUT2D eigenvalue weighted by molar-refractivity contribution is 4.97. The van der Waals surface area contributed by atoms with Crippen LogP contribution in [0.2, 0.25) is 0 Å². The topological polar surface area (TPSA) is 0 Å². The smallest absolute Gasteiger partial charge is 0.0241 e. The third-order valence-electron chi connectivity index (χ3n) is 4.78. The molecule has 2 rings (SSSR count). The quantitative estimate of drug-likeness (QED) is 0.594. The van der Waals surface area contributed by atoms with E-state index in [0.29, 0.717) is 5.41 Å². The summed E-state index contributed by atoms with van der Waals surface area (Å²) in [5.74, 6) is 1.04. The first-order valence-electron chi connectivity index (χ1n) is 6.68. The minimum Gasteiger partial charge on any atom is -0.0617 e. The Bertz CT molecular complexity index is 159. The van der Waals surface area contributed by atoms with Gasteiger partial charge in [0.15, 0.2) is 0 Å². The molecule has 81 valence electrons. The van der Waals surface area contributed by atoms with Crippen LogP contribution in [0.4, 0.5) is 0 Å². The molecule has 0 nitrogen and oxygen atoms in total. The van der Waals surface area contributed by atoms with Gasteiger partial charge in [-0.2, -0.15) is 0 Å². The van der Waals surface area contributed by atoms with E-state index < -0.39 is 0 Å². The van der Waals surface area contributed by atoms with Gasteiger partial charge in [-0.3, -0.25) is 0 Å². The van der Waals surface area contributed by atoms with Crippen molar-refractivity contribution in [3.8, 4) is 0 Å². The van der Waals surface area contributed by atoms with E-state index in [1.165, 1.54) is 64.2 Å². The van der Waals surface area contributed by atoms with Gasteiger partial charge in [0.2, 0.25) is 0 Å². The first-order valence-corrected chi connectivity index (χ1v) is 6.68. The molecule has 0 saturated heterocycles. The molecule has 0 heterocycles. The molecule has 0 aliphatic heterocycles. The largest absolute Gasteiger partial charge is 0.0617 e. The fourth-order valence-corrected chi connectivity index (χ4v) is 3.82. The van der Waals surface area contributed by atoms with E-state index in [1.807, 2.05) is 0 Å². The van der Waals surface area contributed by atoms with Crippen LogP contribution in [0, 0.1) is 17.8 Å². The third kappa shape index (κ3) is 1.99. The third-order valence-corrected chi connectivity index (χ3v) is 4.78. The summed E-state index contributed by atoms with van der Waals surface area (Å²) in [7, 11) is 0. The average molecular weight is 193 g/mol. The lowest BCUT2D eigenvalue weighted by Crippen LogP contribution is -2.34. The normalized spacial score (nSPS) is 28.9. The highest BCUT2D eigenvalue weighted by Gasteiger charge is 2.38. The second-order valence-corrected chi connectivity index (χ2v) is 5.42. The fraction of sp³-hybridized carbons (Fsp3) is 0.929. The molecule has 0 heteroatoms. The Morgan fingerprint density at radius 3 is 2.00 bits per heavy atom. The Kier molecular flexibility index (Phi) is 3.52. The molecule has 0 spiro atoms. The van der Waals surface area contributed by atoms with Crippen molar-refractivity contribution in [3.05, 3.63) is 6.42 Å². The molecule has 0 atom stereocenters. The maximum atomic E-state index is 2.57. The SMILES string of the molecule is C[CH]C1(C2CCCCC2)CCCCC1. The molecule has 0 bridgehead atoms. The van der Waals surface area contributed by atoms with Gasteiger partial charge in [0.1, 0.15) is 0 Å². The Balaban J connectivity index is 2.01. The molecule has 0 unspecified atom stereocenters. The van der Waals surface area contributed by atoms with Gasteiger partial charge in [0.05, 0.1) is 0 Å². The van der Waals surface area contributed by atoms with Crippen LogP contribution < -0.4 is 0 Å². The van der Waals surface area contributed by atoms with Crippen LogP contribution in [0.25, 0.3) is 0 Å². The minimum atomic E-state index is 0.665. The average Bonchev–Trinajstić information content (AvgIpc) is 2.31. The molecule has 2 fully saturated rings. The summed E-state index contributed by atoms with van der Waals surface area (Å²) >= 11 is 0. The van der Waals surface area contributed by atoms with Crippen molar-refractivity contribution in [1.82, 2.24) is 0 Å². The molecular formula is C14H25. The van der Waals surface area contributed by atoms with Crippen molar-refractivity contribution in [3.63, 3.8) is 0 Å². The van der Waals surface area contributed by atoms with Gasteiger partial charge >= 0.3 is 0 Å². The van der Waals surface area contributed by atoms with Gasteiger partial charge in [0.25, 0.3) is 0 Å². The van der Waals surface area contributed by atoms with E-state index in [1.54, 1.807) is 0 Å². The summed E-state index contributed by atoms with van der Waals surface area (Å²) in [6.07, 6.45) is 17.6. The molecule has 0 amide bonds. The lowest BCUT2D eigenvalue weighted by molar-refractivity contribution is 0.102. The van der Waals surface area contributed by atoms with Crippen LogP contribution in [0.3, 0.4) is 0 Å². The van der Waals surface area contributed by atoms with Crippen molar-refractivity contribution in [2.24, 2.45) is 11.3 Å². The standard InChI is InChI=1S/C14H25/c1-2-14(11-7-4-8-12-14)13-9-5-3-6-10-13/h2,13H,3-12H2,1H3. The fourth-order valence-electron chi connectivity index (χ4n) is 3.82. The molecule has 2 aliphatic carbocycles. The predicted molar refractivity (Wildman–Crippen MR) is 62.1 cm³/mol. The molecule has 2 aliphatic rings. The van der Waals surface area contributed by atoms with Gasteiger partial charge < -0.3 is 0 Å². The van der Waals surface area contributed by atoms with E-state index in [2.05, 4.69) is 13.3 Å². The van der Waals surface area contributed by atoms with Crippen LogP contribution >= 0.6 is 0 Å². The highest BCUT2D eigenvalue weighted by Crippen LogP contribution is 2.49. The molecule has 0 N–H and O–H groups in total. The predicted octanol–water partition coefficient (Wildman–Crippen LogP) is 4.74. The molecule has 2 saturated carbocycles. The van der Waals surface area contributed by atoms with E-state index in [-0.39, 0.29) is 0 Å². The van der Waals surface area contributed by atoms with E-state index in [0.717, 1.165) is 5.92 Å². The summed E-state index contributed by atoms with van der Waals surface area (Å²) in [5.41, 5.74) is 0.665. The van der Waals surface area contributed by atoms with Crippen LogP contribution in [0.5, 0.6) is 0 Å². The summed E-state index contributed by atoms with van der Waals surface area (Å²) < 4.78 is 0. The number of hydrogen-bond donors (Lipinski definition) is 0. The zero-order chi connectivity index (χ0) is 9.86. The van der Waals surface area contributed by atoms with Crippen LogP contribution in [0.15, 0.2) is 0 Å². The Labute approximate surface area is 89.5 Å². The molecule has 14 heavy (non-hydrogen) atoms. The van der Waals surface area contributed by atoms with Crippen molar-refractivity contribution >= 4 is 0 Å². The van der Waals surface area contributed by atoms with Gasteiger partial charge in [0, 0.05) is 0 Å². The van der Waals surface area contributed by atoms with E-state index in [9.17, 15) is 0 Å². The maximum Gasteiger partial charge on any atom is -0.0241 e. The lowest BCUT2D eigenvalue weighted by Gasteiger charge is -2.45. The zero-order valence-corrected chi connectivity index (χ0v) is 9.73. The summed E-state index contributed by atoms with van der Waals surface area (Å²) in [4.78, 5) is 0. The van der Waals surface area contributed by atoms with Crippen LogP contribution in [-0.4, -0.2) is 0 Å². The van der Waals surface area contributed by atoms with Gasteiger partial charge in [-0.15, -0.1) is 0 Å². The summed E-state index contributed by atoms with van der Waals surface area (Å²) in [5, 5.41) is 0. The summed E-state index contributed by atoms with van der Waals surface area (Å²) in [6.45, 7) is 2.32. The van der Waals surface area contributed by atoms with Gasteiger partial charge in [-0.1, -0.05) is 45.4 Å². The monoisotopic (exact) mass is 193 g/mol. The minimum absolute atomic E-state index is 0.665. The lowest BCUT2D eigenvalue weighted by atomic mass is 9.60. The van der Waals surface area contributed by atoms with Crippen molar-refractivity contribution in [2.45, 2.75) is 71.1 Å². The highest BCUT2D eigenvalue weighted by atomic mass is 14.4. The van der Waals surface area contributed by atoms with Crippen LogP contribution in [0.1, 0.15) is 71.1 Å². The van der Waals surface area contributed by atoms with Gasteiger partial charge in [-0.25, -0.2) is 0 Å². The first-order chi connectivity index (χ1) is 6.87. The summed E-state index contributed by atoms with van der Waals surface area (Å²) in [6, 6.07) is 0. The van der Waals surface area contributed by atoms with E-state index in [4.69, 9.17) is 0 Å². The second-order valence-electron chi connectivity index (χ2n) is 5.42. The van der Waals surface area contributed by atoms with Crippen LogP contribution in [-0.2, 0) is 0 Å². The van der Waals surface area contributed by atoms with E-state index >= 15 is 0 Å². The van der Waals surface area contributed by atoms with Gasteiger partial charge in [-0.05, 0) is 43.4 Å². The Morgan fingerprint density at radius 2 is 1.43 bits per heavy atom. The van der Waals surface area contributed by atoms with Crippen molar-refractivity contribution in [2.75, 3.05) is 0 Å². The molecule has 0 aromatic heterocycles. The molecule has 0 aromatic carbocycles. The number of hydrogen-bond acceptors (Lipinski definition) is 0. The molecule has 1 radical (unpaired) electrons. The molecular weight excluding hydrogens is 168 g/mol. The first kappa shape index (κ1) is 10.5. The molecule has 0 aromatic rings. The number of rotatable bonds is 2. The second kappa shape index (κ2) is 4.68. The Hall–Kier alpha value is 0. The zero-order valence-electron chi connectivity index (χ0n) is 9.73. The Morgan fingerprint density at radius 1 is 0.857 bits per heavy atom.